The van der Waals surface area contributed by atoms with Gasteiger partial charge in [-0.05, 0) is 5.56 Å². The van der Waals surface area contributed by atoms with Crippen molar-refractivity contribution in [3.05, 3.63) is 41.1 Å². The summed E-state index contributed by atoms with van der Waals surface area (Å²) in [4.78, 5) is 0. The maximum Gasteiger partial charge on any atom is 0.155 e. The fraction of sp³-hybridized carbons (Fsp3) is 0.364. The SMILES string of the molecule is C/C=[N+](\[O-])CCC(O)c1ccccc1. The van der Waals surface area contributed by atoms with Crippen LogP contribution in [0.5, 0.6) is 0 Å². The van der Waals surface area contributed by atoms with E-state index >= 15 is 0 Å². The van der Waals surface area contributed by atoms with Gasteiger partial charge in [0.15, 0.2) is 6.54 Å². The zero-order chi connectivity index (χ0) is 10.4. The molecule has 1 rings (SSSR count). The number of benzene rings is 1. The highest BCUT2D eigenvalue weighted by Crippen LogP contribution is 2.15. The predicted octanol–water partition coefficient (Wildman–Crippen LogP) is 1.71. The minimum Gasteiger partial charge on any atom is -0.624 e. The Bertz CT molecular complexity index is 295. The third-order valence-corrected chi connectivity index (χ3v) is 2.10. The minimum atomic E-state index is -0.549. The van der Waals surface area contributed by atoms with Gasteiger partial charge >= 0.3 is 0 Å². The van der Waals surface area contributed by atoms with Crippen molar-refractivity contribution in [2.45, 2.75) is 19.4 Å². The first-order valence-electron chi connectivity index (χ1n) is 4.70. The van der Waals surface area contributed by atoms with Crippen LogP contribution in [0.25, 0.3) is 0 Å². The Morgan fingerprint density at radius 1 is 1.43 bits per heavy atom. The number of rotatable bonds is 4. The van der Waals surface area contributed by atoms with Crippen LogP contribution >= 0.6 is 0 Å². The normalized spacial score (nSPS) is 14.0. The summed E-state index contributed by atoms with van der Waals surface area (Å²) < 4.78 is 0.826. The van der Waals surface area contributed by atoms with E-state index in [2.05, 4.69) is 0 Å². The standard InChI is InChI=1S/C11H15NO2/c1-2-12(14)9-8-11(13)10-6-4-3-5-7-10/h2-7,11,13H,8-9H2,1H3/b12-2-. The molecule has 0 fully saturated rings. The van der Waals surface area contributed by atoms with E-state index in [-0.39, 0.29) is 0 Å². The van der Waals surface area contributed by atoms with Crippen molar-refractivity contribution in [2.75, 3.05) is 6.54 Å². The van der Waals surface area contributed by atoms with Gasteiger partial charge in [0, 0.05) is 13.3 Å². The summed E-state index contributed by atoms with van der Waals surface area (Å²) in [5.41, 5.74) is 0.858. The quantitative estimate of drug-likeness (QED) is 0.342. The second-order valence-electron chi connectivity index (χ2n) is 3.11. The number of hydrogen-bond acceptors (Lipinski definition) is 2. The molecule has 3 nitrogen and oxygen atoms in total. The molecule has 0 aliphatic heterocycles. The molecule has 1 aromatic carbocycles. The van der Waals surface area contributed by atoms with Gasteiger partial charge in [0.1, 0.15) is 6.21 Å². The van der Waals surface area contributed by atoms with Gasteiger partial charge in [0.25, 0.3) is 0 Å². The molecule has 76 valence electrons. The molecule has 0 bridgehead atoms. The lowest BCUT2D eigenvalue weighted by molar-refractivity contribution is -0.455. The topological polar surface area (TPSA) is 46.3 Å². The molecule has 14 heavy (non-hydrogen) atoms. The molecule has 1 aromatic rings. The maximum atomic E-state index is 10.9. The van der Waals surface area contributed by atoms with Crippen molar-refractivity contribution in [2.24, 2.45) is 0 Å². The monoisotopic (exact) mass is 193 g/mol. The van der Waals surface area contributed by atoms with E-state index in [1.54, 1.807) is 6.92 Å². The number of aliphatic hydroxyl groups excluding tert-OH is 1. The van der Waals surface area contributed by atoms with E-state index in [1.165, 1.54) is 6.21 Å². The van der Waals surface area contributed by atoms with Crippen molar-refractivity contribution < 1.29 is 9.85 Å². The summed E-state index contributed by atoms with van der Waals surface area (Å²) in [6.45, 7) is 2.01. The zero-order valence-corrected chi connectivity index (χ0v) is 8.26. The van der Waals surface area contributed by atoms with Gasteiger partial charge < -0.3 is 10.3 Å². The van der Waals surface area contributed by atoms with Crippen LogP contribution in [0.15, 0.2) is 30.3 Å². The maximum absolute atomic E-state index is 10.9. The Morgan fingerprint density at radius 2 is 2.07 bits per heavy atom. The molecule has 1 atom stereocenters. The highest BCUT2D eigenvalue weighted by molar-refractivity contribution is 5.46. The molecule has 0 aliphatic rings. The summed E-state index contributed by atoms with van der Waals surface area (Å²) in [6, 6.07) is 9.36. The van der Waals surface area contributed by atoms with Crippen molar-refractivity contribution in [1.29, 1.82) is 0 Å². The average molecular weight is 193 g/mol. The van der Waals surface area contributed by atoms with E-state index in [9.17, 15) is 10.3 Å². The van der Waals surface area contributed by atoms with Crippen LogP contribution in [0.3, 0.4) is 0 Å². The van der Waals surface area contributed by atoms with Gasteiger partial charge in [-0.25, -0.2) is 4.74 Å². The second kappa shape index (κ2) is 5.40. The molecule has 0 amide bonds. The summed E-state index contributed by atoms with van der Waals surface area (Å²) in [7, 11) is 0. The number of hydroxylamine groups is 1. The minimum absolute atomic E-state index is 0.326. The number of hydrogen-bond donors (Lipinski definition) is 1. The first-order chi connectivity index (χ1) is 6.74. The zero-order valence-electron chi connectivity index (χ0n) is 8.26. The van der Waals surface area contributed by atoms with Crippen LogP contribution in [-0.4, -0.2) is 22.6 Å². The first kappa shape index (κ1) is 10.7. The third kappa shape index (κ3) is 3.18. The van der Waals surface area contributed by atoms with Gasteiger partial charge in [0.05, 0.1) is 6.10 Å². The first-order valence-corrected chi connectivity index (χ1v) is 4.70. The summed E-state index contributed by atoms with van der Waals surface area (Å²) >= 11 is 0. The van der Waals surface area contributed by atoms with E-state index in [0.29, 0.717) is 13.0 Å². The molecular formula is C11H15NO2. The molecule has 1 unspecified atom stereocenters. The fourth-order valence-corrected chi connectivity index (χ4v) is 1.22. The smallest absolute Gasteiger partial charge is 0.155 e. The Labute approximate surface area is 83.9 Å². The van der Waals surface area contributed by atoms with E-state index < -0.39 is 6.10 Å². The van der Waals surface area contributed by atoms with Crippen LogP contribution in [0.2, 0.25) is 0 Å². The summed E-state index contributed by atoms with van der Waals surface area (Å²) in [5.74, 6) is 0. The molecule has 3 heteroatoms. The molecule has 0 heterocycles. The largest absolute Gasteiger partial charge is 0.624 e. The molecule has 0 radical (unpaired) electrons. The van der Waals surface area contributed by atoms with Crippen LogP contribution in [0.4, 0.5) is 0 Å². The lowest BCUT2D eigenvalue weighted by atomic mass is 10.1. The van der Waals surface area contributed by atoms with Gasteiger partial charge in [-0.1, -0.05) is 30.3 Å². The Kier molecular flexibility index (Phi) is 4.13. The highest BCUT2D eigenvalue weighted by Gasteiger charge is 2.07. The number of nitrogens with zero attached hydrogens (tertiary/aromatic N) is 1. The lowest BCUT2D eigenvalue weighted by Crippen LogP contribution is -2.09. The Morgan fingerprint density at radius 3 is 2.64 bits per heavy atom. The highest BCUT2D eigenvalue weighted by atomic mass is 16.5. The number of aliphatic hydroxyl groups is 1. The molecule has 0 spiro atoms. The fourth-order valence-electron chi connectivity index (χ4n) is 1.22. The second-order valence-corrected chi connectivity index (χ2v) is 3.11. The lowest BCUT2D eigenvalue weighted by Gasteiger charge is -2.10. The van der Waals surface area contributed by atoms with Crippen LogP contribution < -0.4 is 0 Å². The van der Waals surface area contributed by atoms with Crippen molar-refractivity contribution in [3.8, 4) is 0 Å². The summed E-state index contributed by atoms with van der Waals surface area (Å²) in [5, 5.41) is 20.6. The molecule has 0 aliphatic carbocycles. The third-order valence-electron chi connectivity index (χ3n) is 2.10. The van der Waals surface area contributed by atoms with E-state index in [1.807, 2.05) is 30.3 Å². The summed E-state index contributed by atoms with van der Waals surface area (Å²) in [6.07, 6.45) is 1.36. The van der Waals surface area contributed by atoms with Gasteiger partial charge in [-0.15, -0.1) is 0 Å². The van der Waals surface area contributed by atoms with Gasteiger partial charge in [-0.3, -0.25) is 0 Å². The average Bonchev–Trinajstić information content (AvgIpc) is 2.26. The van der Waals surface area contributed by atoms with Crippen molar-refractivity contribution in [1.82, 2.24) is 0 Å². The van der Waals surface area contributed by atoms with Crippen molar-refractivity contribution >= 4 is 6.21 Å². The molecule has 0 saturated carbocycles. The Balaban J connectivity index is 2.47. The van der Waals surface area contributed by atoms with Gasteiger partial charge in [-0.2, -0.15) is 0 Å². The van der Waals surface area contributed by atoms with E-state index in [4.69, 9.17) is 0 Å². The predicted molar refractivity (Wildman–Crippen MR) is 56.3 cm³/mol. The van der Waals surface area contributed by atoms with Crippen LogP contribution in [0, 0.1) is 5.21 Å². The molecule has 1 N–H and O–H groups in total. The van der Waals surface area contributed by atoms with Crippen LogP contribution in [-0.2, 0) is 0 Å². The molecular weight excluding hydrogens is 178 g/mol. The van der Waals surface area contributed by atoms with Crippen molar-refractivity contribution in [3.63, 3.8) is 0 Å². The Hall–Kier alpha value is -1.35. The molecule has 0 saturated heterocycles. The molecule has 0 aromatic heterocycles. The van der Waals surface area contributed by atoms with Gasteiger partial charge in [0.2, 0.25) is 0 Å². The van der Waals surface area contributed by atoms with Crippen LogP contribution in [0.1, 0.15) is 25.0 Å². The van der Waals surface area contributed by atoms with E-state index in [0.717, 1.165) is 10.3 Å².